The molecule has 0 aliphatic carbocycles. The second-order valence-electron chi connectivity index (χ2n) is 3.14. The highest BCUT2D eigenvalue weighted by Crippen LogP contribution is 2.33. The molecule has 5 N–H and O–H groups in total. The van der Waals surface area contributed by atoms with E-state index in [1.54, 1.807) is 0 Å². The number of hydrogen-bond acceptors (Lipinski definition) is 4. The van der Waals surface area contributed by atoms with Gasteiger partial charge in [-0.05, 0) is 17.7 Å². The van der Waals surface area contributed by atoms with Gasteiger partial charge in [-0.1, -0.05) is 6.07 Å². The second-order valence-corrected chi connectivity index (χ2v) is 3.14. The van der Waals surface area contributed by atoms with Gasteiger partial charge in [0.05, 0.1) is 6.04 Å². The van der Waals surface area contributed by atoms with Crippen molar-refractivity contribution in [1.29, 1.82) is 0 Å². The van der Waals surface area contributed by atoms with E-state index in [0.717, 1.165) is 18.2 Å². The average Bonchev–Trinajstić information content (AvgIpc) is 2.21. The van der Waals surface area contributed by atoms with Crippen LogP contribution in [-0.4, -0.2) is 27.8 Å². The summed E-state index contributed by atoms with van der Waals surface area (Å²) in [6.07, 6.45) is 0. The van der Waals surface area contributed by atoms with Gasteiger partial charge in [0.2, 0.25) is 0 Å². The monoisotopic (exact) mass is 255 g/mol. The van der Waals surface area contributed by atoms with Gasteiger partial charge in [-0.3, -0.25) is 0 Å². The number of nitrogens with two attached hydrogens (primary N) is 1. The summed E-state index contributed by atoms with van der Waals surface area (Å²) < 4.78 is 25.9. The molecule has 4 nitrogen and oxygen atoms in total. The number of hydrogen-bond donors (Lipinski definition) is 4. The van der Waals surface area contributed by atoms with E-state index in [0.29, 0.717) is 0 Å². The average molecular weight is 256 g/mol. The van der Waals surface area contributed by atoms with E-state index in [2.05, 4.69) is 0 Å². The summed E-state index contributed by atoms with van der Waals surface area (Å²) in [6.45, 7) is -1.38. The maximum absolute atomic E-state index is 12.9. The van der Waals surface area contributed by atoms with Crippen LogP contribution in [0, 0.1) is 0 Å². The highest BCUT2D eigenvalue weighted by atomic mass is 35.5. The summed E-state index contributed by atoms with van der Waals surface area (Å²) in [5, 5.41) is 26.4. The molecular weight excluding hydrogens is 244 g/mol. The lowest BCUT2D eigenvalue weighted by Gasteiger charge is -2.21. The van der Waals surface area contributed by atoms with Crippen LogP contribution in [-0.2, 0) is 0 Å². The lowest BCUT2D eigenvalue weighted by atomic mass is 10.0. The second kappa shape index (κ2) is 5.29. The Hall–Kier alpha value is -1.11. The van der Waals surface area contributed by atoms with Crippen molar-refractivity contribution in [2.75, 3.05) is 6.61 Å². The van der Waals surface area contributed by atoms with E-state index < -0.39 is 30.1 Å². The van der Waals surface area contributed by atoms with Crippen LogP contribution in [0.3, 0.4) is 0 Å². The molecule has 7 heteroatoms. The van der Waals surface area contributed by atoms with Crippen molar-refractivity contribution in [2.45, 2.75) is 12.0 Å². The highest BCUT2D eigenvalue weighted by Gasteiger charge is 2.37. The molecule has 0 unspecified atom stereocenters. The molecule has 16 heavy (non-hydrogen) atoms. The van der Waals surface area contributed by atoms with Crippen molar-refractivity contribution < 1.29 is 24.1 Å². The largest absolute Gasteiger partial charge is 0.504 e. The Labute approximate surface area is 96.7 Å². The minimum atomic E-state index is -3.47. The van der Waals surface area contributed by atoms with Gasteiger partial charge in [-0.2, -0.15) is 0 Å². The number of aliphatic hydroxyl groups excluding tert-OH is 1. The predicted molar refractivity (Wildman–Crippen MR) is 56.0 cm³/mol. The summed E-state index contributed by atoms with van der Waals surface area (Å²) in [5.41, 5.74) is 5.13. The van der Waals surface area contributed by atoms with Gasteiger partial charge in [0, 0.05) is 0 Å². The van der Waals surface area contributed by atoms with Crippen LogP contribution in [0.25, 0.3) is 0 Å². The first-order valence-corrected chi connectivity index (χ1v) is 4.14. The quantitative estimate of drug-likeness (QED) is 0.610. The van der Waals surface area contributed by atoms with Crippen LogP contribution >= 0.6 is 12.4 Å². The van der Waals surface area contributed by atoms with Crippen LogP contribution in [0.1, 0.15) is 11.6 Å². The van der Waals surface area contributed by atoms with Crippen molar-refractivity contribution in [3.63, 3.8) is 0 Å². The molecule has 1 atom stereocenters. The smallest absolute Gasteiger partial charge is 0.289 e. The summed E-state index contributed by atoms with van der Waals surface area (Å²) in [6, 6.07) is 1.42. The number of phenols is 2. The first kappa shape index (κ1) is 14.9. The van der Waals surface area contributed by atoms with Gasteiger partial charge >= 0.3 is 0 Å². The molecular formula is C9H12ClF2NO3. The zero-order valence-corrected chi connectivity index (χ0v) is 8.92. The van der Waals surface area contributed by atoms with E-state index in [1.807, 2.05) is 0 Å². The number of halogens is 3. The molecule has 0 aliphatic heterocycles. The zero-order valence-electron chi connectivity index (χ0n) is 8.10. The van der Waals surface area contributed by atoms with Crippen molar-refractivity contribution in [3.05, 3.63) is 23.8 Å². The maximum atomic E-state index is 12.9. The van der Waals surface area contributed by atoms with E-state index in [9.17, 15) is 8.78 Å². The summed E-state index contributed by atoms with van der Waals surface area (Å²) >= 11 is 0. The molecule has 0 aromatic heterocycles. The molecule has 0 bridgehead atoms. The first-order valence-electron chi connectivity index (χ1n) is 4.14. The Morgan fingerprint density at radius 1 is 1.25 bits per heavy atom. The van der Waals surface area contributed by atoms with Crippen molar-refractivity contribution in [2.24, 2.45) is 5.73 Å². The number of alkyl halides is 2. The molecule has 0 spiro atoms. The lowest BCUT2D eigenvalue weighted by Crippen LogP contribution is -2.36. The topological polar surface area (TPSA) is 86.7 Å². The molecule has 0 radical (unpaired) electrons. The minimum absolute atomic E-state index is 0. The van der Waals surface area contributed by atoms with Gasteiger partial charge < -0.3 is 21.1 Å². The van der Waals surface area contributed by atoms with Crippen LogP contribution < -0.4 is 5.73 Å². The maximum Gasteiger partial charge on any atom is 0.289 e. The molecule has 0 amide bonds. The molecule has 92 valence electrons. The van der Waals surface area contributed by atoms with Gasteiger partial charge in [-0.15, -0.1) is 12.4 Å². The molecule has 0 heterocycles. The minimum Gasteiger partial charge on any atom is -0.504 e. The van der Waals surface area contributed by atoms with E-state index in [-0.39, 0.29) is 18.0 Å². The first-order chi connectivity index (χ1) is 6.88. The summed E-state index contributed by atoms with van der Waals surface area (Å²) in [7, 11) is 0. The number of aliphatic hydroxyl groups is 1. The third-order valence-electron chi connectivity index (χ3n) is 2.02. The molecule has 1 rings (SSSR count). The fourth-order valence-electron chi connectivity index (χ4n) is 1.08. The Bertz CT molecular complexity index is 363. The Balaban J connectivity index is 0.00000225. The van der Waals surface area contributed by atoms with Crippen molar-refractivity contribution in [1.82, 2.24) is 0 Å². The predicted octanol–water partition coefficient (Wildman–Crippen LogP) is 1.15. The Morgan fingerprint density at radius 3 is 2.25 bits per heavy atom. The van der Waals surface area contributed by atoms with Gasteiger partial charge in [0.1, 0.15) is 6.61 Å². The van der Waals surface area contributed by atoms with Crippen molar-refractivity contribution in [3.8, 4) is 11.5 Å². The molecule has 1 aromatic carbocycles. The van der Waals surface area contributed by atoms with Gasteiger partial charge in [0.15, 0.2) is 11.5 Å². The molecule has 0 saturated heterocycles. The van der Waals surface area contributed by atoms with Crippen LogP contribution in [0.4, 0.5) is 8.78 Å². The standard InChI is InChI=1S/C9H11F2NO3.ClH/c10-9(11,4-13)8(12)5-1-2-6(14)7(15)3-5;/h1-3,8,13-15H,4,12H2;1H/t8-;/m1./s1. The summed E-state index contributed by atoms with van der Waals surface area (Å²) in [5.74, 6) is -4.42. The molecule has 1 aromatic rings. The normalized spacial score (nSPS) is 13.0. The third kappa shape index (κ3) is 2.94. The van der Waals surface area contributed by atoms with Gasteiger partial charge in [0.25, 0.3) is 5.92 Å². The molecule has 0 saturated carbocycles. The number of rotatable bonds is 3. The summed E-state index contributed by atoms with van der Waals surface area (Å²) in [4.78, 5) is 0. The number of aromatic hydroxyl groups is 2. The van der Waals surface area contributed by atoms with E-state index in [1.165, 1.54) is 0 Å². The number of benzene rings is 1. The van der Waals surface area contributed by atoms with E-state index in [4.69, 9.17) is 21.1 Å². The molecule has 0 aliphatic rings. The Morgan fingerprint density at radius 2 is 1.81 bits per heavy atom. The highest BCUT2D eigenvalue weighted by molar-refractivity contribution is 5.85. The lowest BCUT2D eigenvalue weighted by molar-refractivity contribution is -0.0712. The fraction of sp³-hybridized carbons (Fsp3) is 0.333. The third-order valence-corrected chi connectivity index (χ3v) is 2.02. The van der Waals surface area contributed by atoms with E-state index >= 15 is 0 Å². The number of phenolic OH excluding ortho intramolecular Hbond substituents is 2. The van der Waals surface area contributed by atoms with Crippen LogP contribution in [0.2, 0.25) is 0 Å². The van der Waals surface area contributed by atoms with Crippen LogP contribution in [0.5, 0.6) is 11.5 Å². The SMILES string of the molecule is Cl.N[C@H](c1ccc(O)c(O)c1)C(F)(F)CO. The van der Waals surface area contributed by atoms with Crippen LogP contribution in [0.15, 0.2) is 18.2 Å². The Kier molecular flexibility index (Phi) is 4.92. The fourth-order valence-corrected chi connectivity index (χ4v) is 1.08. The zero-order chi connectivity index (χ0) is 11.6. The molecule has 0 fully saturated rings. The van der Waals surface area contributed by atoms with Gasteiger partial charge in [-0.25, -0.2) is 8.78 Å². The van der Waals surface area contributed by atoms with Crippen molar-refractivity contribution >= 4 is 12.4 Å².